The normalized spacial score (nSPS) is 13.2. The Bertz CT molecular complexity index is 651. The average Bonchev–Trinajstić information content (AvgIpc) is 2.39. The SMILES string of the molecule is CC(Cc1ccccc1)c1ccccc1S(N)(=O)=O. The van der Waals surface area contributed by atoms with Gasteiger partial charge in [-0.2, -0.15) is 0 Å². The standard InChI is InChI=1S/C15H17NO2S/c1-12(11-13-7-3-2-4-8-13)14-9-5-6-10-15(14)19(16,17)18/h2-10,12H,11H2,1H3,(H2,16,17,18). The Hall–Kier alpha value is -1.65. The lowest BCUT2D eigenvalue weighted by molar-refractivity contribution is 0.594. The summed E-state index contributed by atoms with van der Waals surface area (Å²) in [5.74, 6) is 0.0944. The maximum absolute atomic E-state index is 11.6. The molecule has 0 spiro atoms. The molecule has 1 atom stereocenters. The highest BCUT2D eigenvalue weighted by molar-refractivity contribution is 7.89. The van der Waals surface area contributed by atoms with E-state index >= 15 is 0 Å². The predicted molar refractivity (Wildman–Crippen MR) is 76.4 cm³/mol. The van der Waals surface area contributed by atoms with E-state index < -0.39 is 10.0 Å². The van der Waals surface area contributed by atoms with Gasteiger partial charge in [0.25, 0.3) is 0 Å². The summed E-state index contributed by atoms with van der Waals surface area (Å²) in [6, 6.07) is 16.9. The van der Waals surface area contributed by atoms with Gasteiger partial charge in [-0.15, -0.1) is 0 Å². The van der Waals surface area contributed by atoms with Gasteiger partial charge in [-0.25, -0.2) is 13.6 Å². The van der Waals surface area contributed by atoms with Gasteiger partial charge in [-0.1, -0.05) is 55.5 Å². The van der Waals surface area contributed by atoms with Crippen molar-refractivity contribution in [2.75, 3.05) is 0 Å². The molecule has 0 saturated heterocycles. The van der Waals surface area contributed by atoms with Crippen molar-refractivity contribution in [3.63, 3.8) is 0 Å². The van der Waals surface area contributed by atoms with E-state index in [1.54, 1.807) is 12.1 Å². The summed E-state index contributed by atoms with van der Waals surface area (Å²) in [6.07, 6.45) is 0.785. The molecule has 4 heteroatoms. The first-order valence-corrected chi connectivity index (χ1v) is 7.69. The van der Waals surface area contributed by atoms with Gasteiger partial charge in [-0.05, 0) is 29.5 Å². The van der Waals surface area contributed by atoms with Gasteiger partial charge in [-0.3, -0.25) is 0 Å². The molecule has 0 saturated carbocycles. The number of rotatable bonds is 4. The zero-order chi connectivity index (χ0) is 13.9. The van der Waals surface area contributed by atoms with Crippen molar-refractivity contribution in [3.8, 4) is 0 Å². The molecule has 0 fully saturated rings. The zero-order valence-corrected chi connectivity index (χ0v) is 11.6. The molecule has 1 unspecified atom stereocenters. The molecule has 0 amide bonds. The molecule has 2 N–H and O–H groups in total. The highest BCUT2D eigenvalue weighted by atomic mass is 32.2. The van der Waals surface area contributed by atoms with Crippen LogP contribution < -0.4 is 5.14 Å². The summed E-state index contributed by atoms with van der Waals surface area (Å²) in [4.78, 5) is 0.221. The van der Waals surface area contributed by atoms with Crippen LogP contribution in [0, 0.1) is 0 Å². The molecular formula is C15H17NO2S. The van der Waals surface area contributed by atoms with Crippen molar-refractivity contribution in [1.29, 1.82) is 0 Å². The quantitative estimate of drug-likeness (QED) is 0.932. The minimum atomic E-state index is -3.67. The minimum Gasteiger partial charge on any atom is -0.225 e. The maximum Gasteiger partial charge on any atom is 0.238 e. The van der Waals surface area contributed by atoms with Crippen molar-refractivity contribution in [2.24, 2.45) is 5.14 Å². The van der Waals surface area contributed by atoms with E-state index in [-0.39, 0.29) is 10.8 Å². The molecule has 2 aromatic rings. The first kappa shape index (κ1) is 13.8. The van der Waals surface area contributed by atoms with E-state index in [2.05, 4.69) is 0 Å². The maximum atomic E-state index is 11.6. The molecule has 19 heavy (non-hydrogen) atoms. The van der Waals surface area contributed by atoms with Crippen LogP contribution >= 0.6 is 0 Å². The molecule has 2 aromatic carbocycles. The second-order valence-corrected chi connectivity index (χ2v) is 6.20. The fourth-order valence-electron chi connectivity index (χ4n) is 2.22. The van der Waals surface area contributed by atoms with Gasteiger partial charge in [0.05, 0.1) is 4.90 Å². The fourth-order valence-corrected chi connectivity index (χ4v) is 3.09. The zero-order valence-electron chi connectivity index (χ0n) is 10.8. The lowest BCUT2D eigenvalue weighted by Gasteiger charge is -2.15. The van der Waals surface area contributed by atoms with Crippen molar-refractivity contribution in [2.45, 2.75) is 24.2 Å². The van der Waals surface area contributed by atoms with Crippen LogP contribution in [0.4, 0.5) is 0 Å². The second-order valence-electron chi connectivity index (χ2n) is 4.67. The van der Waals surface area contributed by atoms with Gasteiger partial charge >= 0.3 is 0 Å². The van der Waals surface area contributed by atoms with Crippen LogP contribution in [-0.4, -0.2) is 8.42 Å². The Morgan fingerprint density at radius 3 is 2.21 bits per heavy atom. The number of nitrogens with two attached hydrogens (primary N) is 1. The predicted octanol–water partition coefficient (Wildman–Crippen LogP) is 2.68. The summed E-state index contributed by atoms with van der Waals surface area (Å²) in [6.45, 7) is 2.01. The second kappa shape index (κ2) is 5.55. The molecule has 0 aliphatic carbocycles. The van der Waals surface area contributed by atoms with Crippen LogP contribution in [0.15, 0.2) is 59.5 Å². The monoisotopic (exact) mass is 275 g/mol. The van der Waals surface area contributed by atoms with Crippen LogP contribution in [0.2, 0.25) is 0 Å². The van der Waals surface area contributed by atoms with E-state index in [4.69, 9.17) is 5.14 Å². The van der Waals surface area contributed by atoms with E-state index in [1.165, 1.54) is 5.56 Å². The Morgan fingerprint density at radius 2 is 1.58 bits per heavy atom. The Balaban J connectivity index is 2.32. The third-order valence-corrected chi connectivity index (χ3v) is 4.13. The van der Waals surface area contributed by atoms with Crippen LogP contribution in [0.3, 0.4) is 0 Å². The Labute approximate surface area is 114 Å². The Kier molecular flexibility index (Phi) is 4.02. The third kappa shape index (κ3) is 3.43. The van der Waals surface area contributed by atoms with E-state index in [0.717, 1.165) is 12.0 Å². The molecule has 0 radical (unpaired) electrons. The minimum absolute atomic E-state index is 0.0944. The topological polar surface area (TPSA) is 60.2 Å². The van der Waals surface area contributed by atoms with Gasteiger partial charge in [0.1, 0.15) is 0 Å². The molecule has 0 aromatic heterocycles. The average molecular weight is 275 g/mol. The molecule has 3 nitrogen and oxygen atoms in total. The molecule has 100 valence electrons. The number of hydrogen-bond acceptors (Lipinski definition) is 2. The van der Waals surface area contributed by atoms with Crippen molar-refractivity contribution in [3.05, 3.63) is 65.7 Å². The van der Waals surface area contributed by atoms with Gasteiger partial charge in [0.15, 0.2) is 0 Å². The summed E-state index contributed by atoms with van der Waals surface area (Å²) in [7, 11) is -3.67. The number of benzene rings is 2. The largest absolute Gasteiger partial charge is 0.238 e. The third-order valence-electron chi connectivity index (χ3n) is 3.14. The van der Waals surface area contributed by atoms with E-state index in [0.29, 0.717) is 0 Å². The first-order chi connectivity index (χ1) is 8.98. The molecule has 0 aliphatic rings. The number of hydrogen-bond donors (Lipinski definition) is 1. The van der Waals surface area contributed by atoms with E-state index in [1.807, 2.05) is 49.4 Å². The molecule has 2 rings (SSSR count). The summed E-state index contributed by atoms with van der Waals surface area (Å²) in [5, 5.41) is 5.26. The van der Waals surface area contributed by atoms with Crippen molar-refractivity contribution >= 4 is 10.0 Å². The fraction of sp³-hybridized carbons (Fsp3) is 0.200. The van der Waals surface area contributed by atoms with Gasteiger partial charge in [0.2, 0.25) is 10.0 Å². The molecule has 0 bridgehead atoms. The van der Waals surface area contributed by atoms with Gasteiger partial charge in [0, 0.05) is 0 Å². The van der Waals surface area contributed by atoms with Crippen LogP contribution in [0.1, 0.15) is 24.0 Å². The molecule has 0 heterocycles. The van der Waals surface area contributed by atoms with Crippen molar-refractivity contribution < 1.29 is 8.42 Å². The first-order valence-electron chi connectivity index (χ1n) is 6.14. The Morgan fingerprint density at radius 1 is 1.00 bits per heavy atom. The van der Waals surface area contributed by atoms with Crippen LogP contribution in [-0.2, 0) is 16.4 Å². The highest BCUT2D eigenvalue weighted by Gasteiger charge is 2.17. The van der Waals surface area contributed by atoms with Crippen molar-refractivity contribution in [1.82, 2.24) is 0 Å². The molecule has 0 aliphatic heterocycles. The summed E-state index contributed by atoms with van der Waals surface area (Å²) < 4.78 is 23.2. The lowest BCUT2D eigenvalue weighted by atomic mass is 9.94. The molecular weight excluding hydrogens is 258 g/mol. The summed E-state index contributed by atoms with van der Waals surface area (Å²) >= 11 is 0. The van der Waals surface area contributed by atoms with Crippen LogP contribution in [0.25, 0.3) is 0 Å². The smallest absolute Gasteiger partial charge is 0.225 e. The summed E-state index contributed by atoms with van der Waals surface area (Å²) in [5.41, 5.74) is 1.95. The van der Waals surface area contributed by atoms with Crippen LogP contribution in [0.5, 0.6) is 0 Å². The highest BCUT2D eigenvalue weighted by Crippen LogP contribution is 2.26. The number of sulfonamides is 1. The number of primary sulfonamides is 1. The van der Waals surface area contributed by atoms with Gasteiger partial charge < -0.3 is 0 Å². The van der Waals surface area contributed by atoms with E-state index in [9.17, 15) is 8.42 Å². The lowest BCUT2D eigenvalue weighted by Crippen LogP contribution is -2.16.